The molecule has 0 amide bonds. The quantitative estimate of drug-likeness (QED) is 0.167. The van der Waals surface area contributed by atoms with Crippen LogP contribution >= 0.6 is 0 Å². The van der Waals surface area contributed by atoms with Gasteiger partial charge in [-0.15, -0.1) is 34.9 Å². The summed E-state index contributed by atoms with van der Waals surface area (Å²) in [6.45, 7) is 14.2. The molecule has 1 radical (unpaired) electrons. The van der Waals surface area contributed by atoms with E-state index in [0.29, 0.717) is 17.6 Å². The molecule has 0 unspecified atom stereocenters. The minimum atomic E-state index is 0. The smallest absolute Gasteiger partial charge is 0.238 e. The van der Waals surface area contributed by atoms with Crippen LogP contribution in [0.5, 0.6) is 0 Å². The summed E-state index contributed by atoms with van der Waals surface area (Å²) >= 11 is 0. The van der Waals surface area contributed by atoms with Gasteiger partial charge in [0.15, 0.2) is 11.6 Å². The molecule has 0 saturated heterocycles. The molecule has 0 bridgehead atoms. The molecular weight excluding hydrogens is 755 g/mol. The van der Waals surface area contributed by atoms with Crippen molar-refractivity contribution in [2.24, 2.45) is 5.41 Å². The van der Waals surface area contributed by atoms with Crippen LogP contribution in [0.3, 0.4) is 0 Å². The Morgan fingerprint density at radius 3 is 1.79 bits per heavy atom. The third-order valence-electron chi connectivity index (χ3n) is 11.2. The van der Waals surface area contributed by atoms with Gasteiger partial charge in [0.05, 0.1) is 11.0 Å². The van der Waals surface area contributed by atoms with E-state index in [2.05, 4.69) is 125 Å². The summed E-state index contributed by atoms with van der Waals surface area (Å²) in [4.78, 5) is 20.0. The maximum absolute atomic E-state index is 5.07. The molecule has 47 heavy (non-hydrogen) atoms. The third-order valence-corrected chi connectivity index (χ3v) is 11.2. The van der Waals surface area contributed by atoms with Gasteiger partial charge in [-0.05, 0) is 34.1 Å². The normalized spacial score (nSPS) is 15.8. The number of hydrogen-bond acceptors (Lipinski definition) is 4. The van der Waals surface area contributed by atoms with Crippen molar-refractivity contribution >= 4 is 21.8 Å². The van der Waals surface area contributed by atoms with Gasteiger partial charge < -0.3 is 4.98 Å². The number of fused-ring (bicyclic) bond motifs is 4. The number of aromatic nitrogens is 5. The first kappa shape index (κ1) is 31.1. The van der Waals surface area contributed by atoms with Crippen LogP contribution in [0.25, 0.3) is 61.8 Å². The first-order valence-corrected chi connectivity index (χ1v) is 15.9. The van der Waals surface area contributed by atoms with E-state index >= 15 is 0 Å². The molecule has 0 fully saturated rings. The fourth-order valence-corrected chi connectivity index (χ4v) is 7.26. The number of nitrogens with zero attached hydrogens (tertiary/aromatic N) is 5. The molecule has 7 aromatic rings. The van der Waals surface area contributed by atoms with E-state index in [4.69, 9.17) is 19.9 Å². The minimum absolute atomic E-state index is 0. The molecule has 0 N–H and O–H groups in total. The molecule has 5 nitrogen and oxygen atoms in total. The van der Waals surface area contributed by atoms with Gasteiger partial charge in [-0.25, -0.2) is 4.98 Å². The first-order valence-electron chi connectivity index (χ1n) is 15.9. The summed E-state index contributed by atoms with van der Waals surface area (Å²) in [7, 11) is 0. The number of pyridine rings is 1. The summed E-state index contributed by atoms with van der Waals surface area (Å²) in [5, 5.41) is 2.32. The van der Waals surface area contributed by atoms with Crippen molar-refractivity contribution in [1.29, 1.82) is 0 Å². The fraction of sp³-hybridized carbons (Fsp3) is 0.220. The monoisotopic (exact) mass is 791 g/mol. The molecule has 0 spiro atoms. The van der Waals surface area contributed by atoms with Gasteiger partial charge in [0.25, 0.3) is 0 Å². The summed E-state index contributed by atoms with van der Waals surface area (Å²) in [5.74, 6) is 1.77. The van der Waals surface area contributed by atoms with E-state index in [1.54, 1.807) is 0 Å². The van der Waals surface area contributed by atoms with E-state index in [1.807, 2.05) is 36.5 Å². The van der Waals surface area contributed by atoms with Crippen LogP contribution in [0.15, 0.2) is 109 Å². The van der Waals surface area contributed by atoms with Gasteiger partial charge in [-0.3, -0.25) is 4.57 Å². The van der Waals surface area contributed by atoms with Crippen LogP contribution in [0.4, 0.5) is 0 Å². The van der Waals surface area contributed by atoms with Crippen molar-refractivity contribution in [3.05, 3.63) is 127 Å². The zero-order valence-corrected chi connectivity index (χ0v) is 29.9. The van der Waals surface area contributed by atoms with Gasteiger partial charge in [-0.2, -0.15) is 9.97 Å². The molecule has 3 aromatic heterocycles. The van der Waals surface area contributed by atoms with Gasteiger partial charge in [0.1, 0.15) is 0 Å². The fourth-order valence-electron chi connectivity index (χ4n) is 7.26. The second kappa shape index (κ2) is 11.0. The van der Waals surface area contributed by atoms with Crippen LogP contribution < -0.4 is 0 Å². The maximum Gasteiger partial charge on any atom is 0.238 e. The SMILES string of the molecule is CC1(C)c2c[c-]c(-c3ccc(-c4nc(-c5ccccc5)nc(-n5c6ccccc6c6ccccc65)n4)cn3)cc2C(C)(C)C1(C)C.[Ir]. The number of rotatable bonds is 4. The van der Waals surface area contributed by atoms with Crippen LogP contribution in [0, 0.1) is 11.5 Å². The van der Waals surface area contributed by atoms with Crippen molar-refractivity contribution in [3.8, 4) is 40.0 Å². The van der Waals surface area contributed by atoms with E-state index in [-0.39, 0.29) is 36.4 Å². The Morgan fingerprint density at radius 2 is 1.17 bits per heavy atom. The predicted octanol–water partition coefficient (Wildman–Crippen LogP) is 9.76. The number of para-hydroxylation sites is 2. The molecule has 8 rings (SSSR count). The Kier molecular flexibility index (Phi) is 7.31. The van der Waals surface area contributed by atoms with Crippen molar-refractivity contribution in [2.45, 2.75) is 52.4 Å². The molecule has 6 heteroatoms. The van der Waals surface area contributed by atoms with Crippen LogP contribution in [-0.2, 0) is 30.9 Å². The Labute approximate surface area is 289 Å². The van der Waals surface area contributed by atoms with Crippen molar-refractivity contribution in [1.82, 2.24) is 24.5 Å². The Morgan fingerprint density at radius 1 is 0.596 bits per heavy atom. The van der Waals surface area contributed by atoms with Gasteiger partial charge in [0, 0.05) is 48.2 Å². The standard InChI is InChI=1S/C41H36N5.Ir/c1-39(2)31-22-20-27(24-32(31)40(3,4)41(39,5)6)33-23-21-28(25-42-33)37-43-36(26-14-8-7-9-15-26)44-38(45-37)46-34-18-12-10-16-29(34)30-17-11-13-19-35(30)46;/h7-19,21-25H,1-6H3;/q-1;. The van der Waals surface area contributed by atoms with Crippen molar-refractivity contribution in [3.63, 3.8) is 0 Å². The van der Waals surface area contributed by atoms with E-state index in [1.165, 1.54) is 11.1 Å². The van der Waals surface area contributed by atoms with Crippen LogP contribution in [0.2, 0.25) is 0 Å². The third kappa shape index (κ3) is 4.61. The largest absolute Gasteiger partial charge is 0.304 e. The Bertz CT molecular complexity index is 2230. The van der Waals surface area contributed by atoms with Crippen molar-refractivity contribution in [2.75, 3.05) is 0 Å². The molecule has 3 heterocycles. The molecule has 1 aliphatic carbocycles. The number of benzene rings is 4. The van der Waals surface area contributed by atoms with Gasteiger partial charge >= 0.3 is 0 Å². The second-order valence-corrected chi connectivity index (χ2v) is 14.0. The van der Waals surface area contributed by atoms with E-state index < -0.39 is 0 Å². The Balaban J connectivity index is 0.00000351. The van der Waals surface area contributed by atoms with Crippen LogP contribution in [-0.4, -0.2) is 24.5 Å². The molecule has 235 valence electrons. The molecule has 4 aromatic carbocycles. The van der Waals surface area contributed by atoms with Gasteiger partial charge in [0.2, 0.25) is 5.95 Å². The molecule has 0 saturated carbocycles. The zero-order chi connectivity index (χ0) is 31.8. The summed E-state index contributed by atoms with van der Waals surface area (Å²) in [5.41, 5.74) is 8.64. The molecule has 0 aliphatic heterocycles. The van der Waals surface area contributed by atoms with Gasteiger partial charge in [-0.1, -0.05) is 120 Å². The van der Waals surface area contributed by atoms with E-state index in [9.17, 15) is 0 Å². The zero-order valence-electron chi connectivity index (χ0n) is 27.5. The van der Waals surface area contributed by atoms with E-state index in [0.717, 1.165) is 44.2 Å². The molecule has 1 aliphatic rings. The Hall–Kier alpha value is -4.51. The predicted molar refractivity (Wildman–Crippen MR) is 187 cm³/mol. The summed E-state index contributed by atoms with van der Waals surface area (Å²) < 4.78 is 2.13. The minimum Gasteiger partial charge on any atom is -0.304 e. The summed E-state index contributed by atoms with van der Waals surface area (Å²) in [6.07, 6.45) is 1.87. The topological polar surface area (TPSA) is 56.5 Å². The maximum atomic E-state index is 5.07. The summed E-state index contributed by atoms with van der Waals surface area (Å²) in [6, 6.07) is 39.0. The van der Waals surface area contributed by atoms with Crippen LogP contribution in [0.1, 0.15) is 52.7 Å². The van der Waals surface area contributed by atoms with Crippen molar-refractivity contribution < 1.29 is 20.1 Å². The molecule has 0 atom stereocenters. The first-order chi connectivity index (χ1) is 22.1. The molecular formula is C41H36IrN5-. The average Bonchev–Trinajstić information content (AvgIpc) is 3.47. The second-order valence-electron chi connectivity index (χ2n) is 14.0. The average molecular weight is 791 g/mol. The number of hydrogen-bond donors (Lipinski definition) is 0.